The molecule has 2 rings (SSSR count). The molecule has 0 saturated carbocycles. The molecule has 0 aliphatic carbocycles. The van der Waals surface area contributed by atoms with Crippen LogP contribution in [0, 0.1) is 5.92 Å². The Labute approximate surface area is 103 Å². The van der Waals surface area contributed by atoms with E-state index in [2.05, 4.69) is 13.0 Å². The van der Waals surface area contributed by atoms with Gasteiger partial charge in [0.15, 0.2) is 15.6 Å². The third-order valence-electron chi connectivity index (χ3n) is 3.44. The van der Waals surface area contributed by atoms with E-state index in [1.54, 1.807) is 0 Å². The Morgan fingerprint density at radius 3 is 2.65 bits per heavy atom. The molecule has 2 aliphatic heterocycles. The van der Waals surface area contributed by atoms with Crippen molar-refractivity contribution < 1.29 is 17.9 Å². The zero-order chi connectivity index (χ0) is 12.4. The third kappa shape index (κ3) is 2.89. The Balaban J connectivity index is 2.12. The van der Waals surface area contributed by atoms with Gasteiger partial charge in [-0.2, -0.15) is 0 Å². The summed E-state index contributed by atoms with van der Waals surface area (Å²) < 4.78 is 34.8. The van der Waals surface area contributed by atoms with Crippen LogP contribution in [-0.2, 0) is 19.3 Å². The SMILES string of the molecule is CC/C=C/CC1CS(=O)(=O)CCC12OCCO2. The van der Waals surface area contributed by atoms with Crippen molar-refractivity contribution in [1.29, 1.82) is 0 Å². The molecule has 0 aromatic rings. The summed E-state index contributed by atoms with van der Waals surface area (Å²) >= 11 is 0. The van der Waals surface area contributed by atoms with Gasteiger partial charge in [0.2, 0.25) is 0 Å². The van der Waals surface area contributed by atoms with E-state index < -0.39 is 15.6 Å². The fourth-order valence-electron chi connectivity index (χ4n) is 2.54. The normalized spacial score (nSPS) is 31.2. The van der Waals surface area contributed by atoms with Crippen LogP contribution < -0.4 is 0 Å². The van der Waals surface area contributed by atoms with Gasteiger partial charge in [0.25, 0.3) is 0 Å². The average molecular weight is 260 g/mol. The molecule has 0 bridgehead atoms. The summed E-state index contributed by atoms with van der Waals surface area (Å²) in [4.78, 5) is 0. The largest absolute Gasteiger partial charge is 0.347 e. The first-order chi connectivity index (χ1) is 8.08. The quantitative estimate of drug-likeness (QED) is 0.722. The van der Waals surface area contributed by atoms with Crippen LogP contribution in [0.1, 0.15) is 26.2 Å². The minimum Gasteiger partial charge on any atom is -0.347 e. The summed E-state index contributed by atoms with van der Waals surface area (Å²) in [7, 11) is -2.93. The van der Waals surface area contributed by atoms with Crippen LogP contribution in [0.5, 0.6) is 0 Å². The Morgan fingerprint density at radius 1 is 1.29 bits per heavy atom. The summed E-state index contributed by atoms with van der Waals surface area (Å²) in [5, 5.41) is 0. The van der Waals surface area contributed by atoms with Crippen LogP contribution in [0.25, 0.3) is 0 Å². The molecule has 1 spiro atoms. The standard InChI is InChI=1S/C12H20O4S/c1-2-3-4-5-11-10-17(13,14)9-6-12(11)15-7-8-16-12/h3-4,11H,2,5-10H2,1H3/b4-3+. The highest BCUT2D eigenvalue weighted by Crippen LogP contribution is 2.39. The Morgan fingerprint density at radius 2 is 2.00 bits per heavy atom. The van der Waals surface area contributed by atoms with Crippen molar-refractivity contribution in [2.45, 2.75) is 32.0 Å². The lowest BCUT2D eigenvalue weighted by molar-refractivity contribution is -0.193. The van der Waals surface area contributed by atoms with Gasteiger partial charge in [0.05, 0.1) is 24.7 Å². The molecule has 2 aliphatic rings. The average Bonchev–Trinajstić information content (AvgIpc) is 2.74. The van der Waals surface area contributed by atoms with E-state index in [1.807, 2.05) is 6.08 Å². The van der Waals surface area contributed by atoms with Crippen LogP contribution in [-0.4, -0.2) is 38.9 Å². The lowest BCUT2D eigenvalue weighted by Gasteiger charge is -2.38. The summed E-state index contributed by atoms with van der Waals surface area (Å²) in [5.74, 6) is -0.336. The number of sulfone groups is 1. The number of rotatable bonds is 3. The number of ether oxygens (including phenoxy) is 2. The van der Waals surface area contributed by atoms with Gasteiger partial charge >= 0.3 is 0 Å². The molecule has 0 aromatic heterocycles. The number of allylic oxidation sites excluding steroid dienone is 2. The topological polar surface area (TPSA) is 52.6 Å². The highest BCUT2D eigenvalue weighted by molar-refractivity contribution is 7.91. The third-order valence-corrected chi connectivity index (χ3v) is 5.17. The highest BCUT2D eigenvalue weighted by Gasteiger charge is 2.49. The Kier molecular flexibility index (Phi) is 3.90. The Bertz CT molecular complexity index is 379. The van der Waals surface area contributed by atoms with Gasteiger partial charge in [-0.25, -0.2) is 8.42 Å². The van der Waals surface area contributed by atoms with E-state index in [0.29, 0.717) is 26.1 Å². The smallest absolute Gasteiger partial charge is 0.173 e. The maximum atomic E-state index is 11.7. The summed E-state index contributed by atoms with van der Waals surface area (Å²) in [6.07, 6.45) is 6.25. The van der Waals surface area contributed by atoms with E-state index in [4.69, 9.17) is 9.47 Å². The predicted molar refractivity (Wildman–Crippen MR) is 65.4 cm³/mol. The van der Waals surface area contributed by atoms with Gasteiger partial charge in [-0.15, -0.1) is 0 Å². The fraction of sp³-hybridized carbons (Fsp3) is 0.833. The predicted octanol–water partition coefficient (Wildman–Crippen LogP) is 1.52. The van der Waals surface area contributed by atoms with Crippen LogP contribution in [0.2, 0.25) is 0 Å². The van der Waals surface area contributed by atoms with Gasteiger partial charge in [0.1, 0.15) is 0 Å². The molecule has 0 N–H and O–H groups in total. The lowest BCUT2D eigenvalue weighted by Crippen LogP contribution is -2.48. The highest BCUT2D eigenvalue weighted by atomic mass is 32.2. The van der Waals surface area contributed by atoms with Crippen LogP contribution in [0.15, 0.2) is 12.2 Å². The van der Waals surface area contributed by atoms with Crippen molar-refractivity contribution >= 4 is 9.84 Å². The summed E-state index contributed by atoms with van der Waals surface area (Å²) in [6, 6.07) is 0. The van der Waals surface area contributed by atoms with E-state index in [9.17, 15) is 8.42 Å². The molecule has 1 atom stereocenters. The Hall–Kier alpha value is -0.390. The second-order valence-electron chi connectivity index (χ2n) is 4.69. The first-order valence-electron chi connectivity index (χ1n) is 6.21. The maximum Gasteiger partial charge on any atom is 0.173 e. The molecule has 0 amide bonds. The molecule has 5 heteroatoms. The molecule has 2 saturated heterocycles. The molecule has 17 heavy (non-hydrogen) atoms. The first kappa shape index (κ1) is 13.1. The molecule has 98 valence electrons. The minimum atomic E-state index is -2.93. The lowest BCUT2D eigenvalue weighted by atomic mass is 9.93. The van der Waals surface area contributed by atoms with Crippen molar-refractivity contribution in [3.63, 3.8) is 0 Å². The minimum absolute atomic E-state index is 0.0634. The molecular weight excluding hydrogens is 240 g/mol. The number of hydrogen-bond donors (Lipinski definition) is 0. The van der Waals surface area contributed by atoms with Crippen LogP contribution in [0.4, 0.5) is 0 Å². The second kappa shape index (κ2) is 5.08. The van der Waals surface area contributed by atoms with Gasteiger partial charge in [0, 0.05) is 12.3 Å². The van der Waals surface area contributed by atoms with Gasteiger partial charge in [-0.05, 0) is 12.8 Å². The monoisotopic (exact) mass is 260 g/mol. The van der Waals surface area contributed by atoms with Gasteiger partial charge in [-0.1, -0.05) is 19.1 Å². The molecule has 0 aromatic carbocycles. The van der Waals surface area contributed by atoms with Crippen LogP contribution in [0.3, 0.4) is 0 Å². The summed E-state index contributed by atoms with van der Waals surface area (Å²) in [5.41, 5.74) is 0. The van der Waals surface area contributed by atoms with Crippen molar-refractivity contribution in [2.24, 2.45) is 5.92 Å². The molecular formula is C12H20O4S. The van der Waals surface area contributed by atoms with Crippen molar-refractivity contribution in [1.82, 2.24) is 0 Å². The van der Waals surface area contributed by atoms with Crippen molar-refractivity contribution in [3.8, 4) is 0 Å². The van der Waals surface area contributed by atoms with Crippen LogP contribution >= 0.6 is 0 Å². The molecule has 2 fully saturated rings. The van der Waals surface area contributed by atoms with E-state index in [1.165, 1.54) is 0 Å². The van der Waals surface area contributed by atoms with Gasteiger partial charge in [-0.3, -0.25) is 0 Å². The molecule has 2 heterocycles. The zero-order valence-electron chi connectivity index (χ0n) is 10.2. The zero-order valence-corrected chi connectivity index (χ0v) is 11.0. The summed E-state index contributed by atoms with van der Waals surface area (Å²) in [6.45, 7) is 3.22. The second-order valence-corrected chi connectivity index (χ2v) is 6.91. The van der Waals surface area contributed by atoms with Crippen molar-refractivity contribution in [2.75, 3.05) is 24.7 Å². The van der Waals surface area contributed by atoms with E-state index >= 15 is 0 Å². The molecule has 0 radical (unpaired) electrons. The van der Waals surface area contributed by atoms with Gasteiger partial charge < -0.3 is 9.47 Å². The number of hydrogen-bond acceptors (Lipinski definition) is 4. The van der Waals surface area contributed by atoms with Crippen molar-refractivity contribution in [3.05, 3.63) is 12.2 Å². The van der Waals surface area contributed by atoms with E-state index in [-0.39, 0.29) is 17.4 Å². The first-order valence-corrected chi connectivity index (χ1v) is 8.03. The fourth-order valence-corrected chi connectivity index (χ4v) is 4.31. The maximum absolute atomic E-state index is 11.7. The molecule has 4 nitrogen and oxygen atoms in total. The van der Waals surface area contributed by atoms with E-state index in [0.717, 1.165) is 6.42 Å². The molecule has 1 unspecified atom stereocenters.